The van der Waals surface area contributed by atoms with Gasteiger partial charge in [-0.05, 0) is 68.3 Å². The Labute approximate surface area is 132 Å². The third-order valence-electron chi connectivity index (χ3n) is 2.57. The molecule has 0 amide bonds. The molecule has 0 atom stereocenters. The third kappa shape index (κ3) is 3.26. The largest absolute Gasteiger partial charge is 0.506 e. The smallest absolute Gasteiger partial charge is 0.335 e. The Bertz CT molecular complexity index is 682. The van der Waals surface area contributed by atoms with E-state index < -0.39 is 5.97 Å². The Hall–Kier alpha value is -1.66. The molecular formula is C14H9Br2NO3. The lowest BCUT2D eigenvalue weighted by Crippen LogP contribution is -1.94. The molecule has 0 heterocycles. The van der Waals surface area contributed by atoms with Crippen LogP contribution >= 0.6 is 31.9 Å². The zero-order chi connectivity index (χ0) is 14.7. The molecule has 2 N–H and O–H groups in total. The number of carbonyl (C=O) groups is 1. The zero-order valence-corrected chi connectivity index (χ0v) is 13.2. The van der Waals surface area contributed by atoms with E-state index in [9.17, 15) is 9.90 Å². The van der Waals surface area contributed by atoms with Gasteiger partial charge in [-0.3, -0.25) is 4.99 Å². The number of aromatic carboxylic acids is 1. The van der Waals surface area contributed by atoms with E-state index in [0.717, 1.165) is 0 Å². The summed E-state index contributed by atoms with van der Waals surface area (Å²) in [6.07, 6.45) is 1.51. The van der Waals surface area contributed by atoms with Crippen molar-refractivity contribution in [3.05, 3.63) is 56.5 Å². The van der Waals surface area contributed by atoms with Crippen molar-refractivity contribution in [3.63, 3.8) is 0 Å². The maximum atomic E-state index is 10.7. The Morgan fingerprint density at radius 1 is 1.05 bits per heavy atom. The van der Waals surface area contributed by atoms with Crippen molar-refractivity contribution in [3.8, 4) is 5.75 Å². The van der Waals surface area contributed by atoms with Crippen LogP contribution in [-0.4, -0.2) is 22.4 Å². The monoisotopic (exact) mass is 397 g/mol. The van der Waals surface area contributed by atoms with Crippen LogP contribution in [0, 0.1) is 0 Å². The fraction of sp³-hybridized carbons (Fsp3) is 0. The fourth-order valence-corrected chi connectivity index (χ4v) is 2.28. The molecule has 0 aliphatic heterocycles. The topological polar surface area (TPSA) is 69.9 Å². The van der Waals surface area contributed by atoms with Gasteiger partial charge in [-0.15, -0.1) is 0 Å². The molecule has 0 saturated heterocycles. The molecule has 102 valence electrons. The minimum Gasteiger partial charge on any atom is -0.506 e. The Morgan fingerprint density at radius 2 is 1.65 bits per heavy atom. The first kappa shape index (κ1) is 14.7. The van der Waals surface area contributed by atoms with Crippen LogP contribution in [0.1, 0.15) is 15.9 Å². The Kier molecular flexibility index (Phi) is 4.57. The van der Waals surface area contributed by atoms with Gasteiger partial charge in [0.25, 0.3) is 0 Å². The maximum Gasteiger partial charge on any atom is 0.335 e. The number of halogens is 2. The number of carboxylic acids is 1. The average molecular weight is 399 g/mol. The highest BCUT2D eigenvalue weighted by Gasteiger charge is 2.07. The van der Waals surface area contributed by atoms with Crippen molar-refractivity contribution in [2.45, 2.75) is 0 Å². The van der Waals surface area contributed by atoms with Crippen LogP contribution in [0.4, 0.5) is 5.69 Å². The zero-order valence-electron chi connectivity index (χ0n) is 10.0. The second kappa shape index (κ2) is 6.19. The summed E-state index contributed by atoms with van der Waals surface area (Å²) in [4.78, 5) is 14.9. The fourth-order valence-electron chi connectivity index (χ4n) is 1.51. The van der Waals surface area contributed by atoms with E-state index in [1.807, 2.05) is 0 Å². The number of benzene rings is 2. The highest BCUT2D eigenvalue weighted by Crippen LogP contribution is 2.32. The van der Waals surface area contributed by atoms with Gasteiger partial charge in [0.15, 0.2) is 0 Å². The summed E-state index contributed by atoms with van der Waals surface area (Å²) in [7, 11) is 0. The number of carboxylic acid groups (broad SMARTS) is 1. The van der Waals surface area contributed by atoms with E-state index >= 15 is 0 Å². The van der Waals surface area contributed by atoms with Crippen molar-refractivity contribution in [2.24, 2.45) is 4.99 Å². The lowest BCUT2D eigenvalue weighted by molar-refractivity contribution is 0.0697. The molecule has 2 aromatic rings. The van der Waals surface area contributed by atoms with Gasteiger partial charge in [0.05, 0.1) is 15.7 Å². The highest BCUT2D eigenvalue weighted by atomic mass is 79.9. The van der Waals surface area contributed by atoms with Crippen molar-refractivity contribution in [1.29, 1.82) is 0 Å². The number of phenolic OH excluding ortho intramolecular Hbond substituents is 1. The van der Waals surface area contributed by atoms with E-state index in [4.69, 9.17) is 5.11 Å². The number of aromatic hydroxyl groups is 1. The first-order chi connectivity index (χ1) is 9.49. The molecule has 0 saturated carbocycles. The molecule has 0 unspecified atom stereocenters. The molecule has 20 heavy (non-hydrogen) atoms. The minimum atomic E-state index is -0.979. The second-order valence-corrected chi connectivity index (χ2v) is 5.61. The van der Waals surface area contributed by atoms with Crippen LogP contribution in [-0.2, 0) is 0 Å². The summed E-state index contributed by atoms with van der Waals surface area (Å²) in [5.41, 5.74) is 1.35. The van der Waals surface area contributed by atoms with Gasteiger partial charge in [0.2, 0.25) is 0 Å². The molecule has 0 fully saturated rings. The molecule has 2 rings (SSSR count). The first-order valence-electron chi connectivity index (χ1n) is 5.53. The lowest BCUT2D eigenvalue weighted by Gasteiger charge is -2.04. The Balaban J connectivity index is 2.30. The minimum absolute atomic E-state index is 0.0882. The molecule has 0 aromatic heterocycles. The predicted molar refractivity (Wildman–Crippen MR) is 84.2 cm³/mol. The molecule has 6 heteroatoms. The van der Waals surface area contributed by atoms with E-state index in [0.29, 0.717) is 20.2 Å². The van der Waals surface area contributed by atoms with E-state index in [1.165, 1.54) is 18.3 Å². The van der Waals surface area contributed by atoms with Crippen LogP contribution in [0.5, 0.6) is 5.75 Å². The molecule has 2 aromatic carbocycles. The summed E-state index contributed by atoms with van der Waals surface area (Å²) in [6, 6.07) is 9.67. The van der Waals surface area contributed by atoms with Crippen LogP contribution in [0.2, 0.25) is 0 Å². The number of aliphatic imine (C=N–C) groups is 1. The molecule has 0 aliphatic rings. The summed E-state index contributed by atoms with van der Waals surface area (Å²) in [6.45, 7) is 0. The highest BCUT2D eigenvalue weighted by molar-refractivity contribution is 9.11. The number of nitrogens with zero attached hydrogens (tertiary/aromatic N) is 1. The maximum absolute atomic E-state index is 10.7. The van der Waals surface area contributed by atoms with Gasteiger partial charge in [-0.2, -0.15) is 0 Å². The number of rotatable bonds is 3. The number of phenols is 1. The predicted octanol–water partition coefficient (Wildman–Crippen LogP) is 4.37. The average Bonchev–Trinajstić information content (AvgIpc) is 2.43. The van der Waals surface area contributed by atoms with Gasteiger partial charge < -0.3 is 10.2 Å². The SMILES string of the molecule is O=C(O)c1ccc(N=Cc2c(Br)ccc(Br)c2O)cc1. The van der Waals surface area contributed by atoms with Crippen molar-refractivity contribution in [1.82, 2.24) is 0 Å². The molecule has 0 radical (unpaired) electrons. The standard InChI is InChI=1S/C14H9Br2NO3/c15-11-5-6-12(16)13(18)10(11)7-17-9-3-1-8(2-4-9)14(19)20/h1-7,18H,(H,19,20). The van der Waals surface area contributed by atoms with Gasteiger partial charge in [-0.1, -0.05) is 0 Å². The van der Waals surface area contributed by atoms with Crippen molar-refractivity contribution < 1.29 is 15.0 Å². The second-order valence-electron chi connectivity index (χ2n) is 3.90. The normalized spacial score (nSPS) is 10.9. The summed E-state index contributed by atoms with van der Waals surface area (Å²) in [5, 5.41) is 18.7. The van der Waals surface area contributed by atoms with E-state index in [2.05, 4.69) is 36.9 Å². The molecular weight excluding hydrogens is 390 g/mol. The third-order valence-corrected chi connectivity index (χ3v) is 3.90. The van der Waals surface area contributed by atoms with Crippen LogP contribution < -0.4 is 0 Å². The Morgan fingerprint density at radius 3 is 2.25 bits per heavy atom. The first-order valence-corrected chi connectivity index (χ1v) is 7.12. The molecule has 0 bridgehead atoms. The van der Waals surface area contributed by atoms with Gasteiger partial charge >= 0.3 is 5.97 Å². The molecule has 4 nitrogen and oxygen atoms in total. The van der Waals surface area contributed by atoms with Crippen LogP contribution in [0.3, 0.4) is 0 Å². The van der Waals surface area contributed by atoms with Gasteiger partial charge in [0, 0.05) is 16.3 Å². The number of hydrogen-bond donors (Lipinski definition) is 2. The quantitative estimate of drug-likeness (QED) is 0.754. The molecule has 0 aliphatic carbocycles. The van der Waals surface area contributed by atoms with Crippen LogP contribution in [0.25, 0.3) is 0 Å². The van der Waals surface area contributed by atoms with Gasteiger partial charge in [0.1, 0.15) is 5.75 Å². The summed E-state index contributed by atoms with van der Waals surface area (Å²) >= 11 is 6.57. The number of hydrogen-bond acceptors (Lipinski definition) is 3. The summed E-state index contributed by atoms with van der Waals surface area (Å²) in [5.74, 6) is -0.891. The lowest BCUT2D eigenvalue weighted by atomic mass is 10.2. The molecule has 0 spiro atoms. The van der Waals surface area contributed by atoms with E-state index in [1.54, 1.807) is 24.3 Å². The van der Waals surface area contributed by atoms with Crippen LogP contribution in [0.15, 0.2) is 50.3 Å². The van der Waals surface area contributed by atoms with Gasteiger partial charge in [-0.25, -0.2) is 4.79 Å². The van der Waals surface area contributed by atoms with Crippen molar-refractivity contribution >= 4 is 49.7 Å². The van der Waals surface area contributed by atoms with Crippen molar-refractivity contribution in [2.75, 3.05) is 0 Å². The van der Waals surface area contributed by atoms with E-state index in [-0.39, 0.29) is 11.3 Å². The summed E-state index contributed by atoms with van der Waals surface area (Å²) < 4.78 is 1.28.